The summed E-state index contributed by atoms with van der Waals surface area (Å²) in [5, 5.41) is 1.95. The summed E-state index contributed by atoms with van der Waals surface area (Å²) in [7, 11) is 0. The van der Waals surface area contributed by atoms with E-state index in [1.165, 1.54) is 0 Å². The molecule has 1 N–H and O–H groups in total. The molecule has 0 radical (unpaired) electrons. The van der Waals surface area contributed by atoms with Gasteiger partial charge in [0.05, 0.1) is 0 Å². The zero-order valence-electron chi connectivity index (χ0n) is 4.46. The lowest BCUT2D eigenvalue weighted by Gasteiger charge is -2.08. The molecule has 0 fully saturated rings. The monoisotopic (exact) mass is 109 g/mol. The Labute approximate surface area is 41.7 Å². The van der Waals surface area contributed by atoms with Crippen molar-refractivity contribution in [2.24, 2.45) is 0 Å². The predicted octanol–water partition coefficient (Wildman–Crippen LogP) is 1.21. The molecule has 0 aliphatic rings. The molecule has 44 valence electrons. The van der Waals surface area contributed by atoms with Crippen molar-refractivity contribution in [3.05, 3.63) is 0 Å². The second-order valence-electron chi connectivity index (χ2n) is 1.42. The third-order valence-corrected chi connectivity index (χ3v) is 0.487. The molecule has 0 aromatic rings. The van der Waals surface area contributed by atoms with Crippen LogP contribution in [0, 0.1) is 0 Å². The van der Waals surface area contributed by atoms with Gasteiger partial charge in [0, 0.05) is 6.92 Å². The van der Waals surface area contributed by atoms with Crippen LogP contribution in [0.1, 0.15) is 13.8 Å². The quantitative estimate of drug-likeness (QED) is 0.525. The van der Waals surface area contributed by atoms with E-state index in [0.29, 0.717) is 6.54 Å². The number of alkyl halides is 2. The first kappa shape index (κ1) is 6.82. The summed E-state index contributed by atoms with van der Waals surface area (Å²) in [6.07, 6.45) is 0. The van der Waals surface area contributed by atoms with Gasteiger partial charge in [-0.2, -0.15) is 8.78 Å². The van der Waals surface area contributed by atoms with Gasteiger partial charge >= 0.3 is 0 Å². The third-order valence-electron chi connectivity index (χ3n) is 0.487. The molecule has 0 amide bonds. The minimum atomic E-state index is -2.70. The van der Waals surface area contributed by atoms with Gasteiger partial charge in [-0.15, -0.1) is 0 Å². The highest BCUT2D eigenvalue weighted by Crippen LogP contribution is 2.03. The molecular formula is C4H9F2N. The van der Waals surface area contributed by atoms with E-state index in [4.69, 9.17) is 0 Å². The van der Waals surface area contributed by atoms with Gasteiger partial charge in [0.15, 0.2) is 0 Å². The van der Waals surface area contributed by atoms with Crippen LogP contribution in [0.2, 0.25) is 0 Å². The average Bonchev–Trinajstić information content (AvgIpc) is 1.30. The van der Waals surface area contributed by atoms with E-state index >= 15 is 0 Å². The molecule has 0 aromatic heterocycles. The Morgan fingerprint density at radius 2 is 2.00 bits per heavy atom. The van der Waals surface area contributed by atoms with Crippen molar-refractivity contribution in [3.8, 4) is 0 Å². The van der Waals surface area contributed by atoms with Gasteiger partial charge in [0.2, 0.25) is 0 Å². The lowest BCUT2D eigenvalue weighted by atomic mass is 10.6. The van der Waals surface area contributed by atoms with Gasteiger partial charge in [0.1, 0.15) is 0 Å². The first-order valence-electron chi connectivity index (χ1n) is 2.19. The smallest absolute Gasteiger partial charge is 0.259 e. The lowest BCUT2D eigenvalue weighted by Crippen LogP contribution is -2.32. The SMILES string of the molecule is CCNC(C)(F)F. The van der Waals surface area contributed by atoms with Crippen LogP contribution >= 0.6 is 0 Å². The van der Waals surface area contributed by atoms with E-state index in [1.807, 2.05) is 5.32 Å². The summed E-state index contributed by atoms with van der Waals surface area (Å²) in [5.74, 6) is 0. The molecular weight excluding hydrogens is 100 g/mol. The van der Waals surface area contributed by atoms with Crippen LogP contribution in [-0.2, 0) is 0 Å². The second-order valence-corrected chi connectivity index (χ2v) is 1.42. The Bertz CT molecular complexity index is 48.1. The zero-order valence-corrected chi connectivity index (χ0v) is 4.46. The first-order valence-corrected chi connectivity index (χ1v) is 2.19. The van der Waals surface area contributed by atoms with E-state index in [0.717, 1.165) is 6.92 Å². The normalized spacial score (nSPS) is 12.0. The minimum Gasteiger partial charge on any atom is -0.259 e. The standard InChI is InChI=1S/C4H9F2N/c1-3-7-4(2,5)6/h7H,3H2,1-2H3. The molecule has 0 aliphatic carbocycles. The van der Waals surface area contributed by atoms with Gasteiger partial charge in [0.25, 0.3) is 6.05 Å². The summed E-state index contributed by atoms with van der Waals surface area (Å²) in [6, 6.07) is -2.70. The van der Waals surface area contributed by atoms with Crippen molar-refractivity contribution < 1.29 is 8.78 Å². The van der Waals surface area contributed by atoms with Gasteiger partial charge in [-0.25, -0.2) is 0 Å². The van der Waals surface area contributed by atoms with Crippen LogP contribution in [0.3, 0.4) is 0 Å². The molecule has 0 rings (SSSR count). The fraction of sp³-hybridized carbons (Fsp3) is 1.00. The molecule has 0 unspecified atom stereocenters. The number of rotatable bonds is 2. The van der Waals surface area contributed by atoms with Crippen molar-refractivity contribution in [2.75, 3.05) is 6.54 Å². The molecule has 3 heteroatoms. The fourth-order valence-electron chi connectivity index (χ4n) is 0.310. The van der Waals surface area contributed by atoms with Crippen LogP contribution < -0.4 is 5.32 Å². The topological polar surface area (TPSA) is 12.0 Å². The molecule has 0 saturated carbocycles. The van der Waals surface area contributed by atoms with Crippen LogP contribution in [0.5, 0.6) is 0 Å². The predicted molar refractivity (Wildman–Crippen MR) is 24.3 cm³/mol. The third kappa shape index (κ3) is 5.82. The maximum absolute atomic E-state index is 11.6. The van der Waals surface area contributed by atoms with Crippen molar-refractivity contribution in [1.29, 1.82) is 0 Å². The summed E-state index contributed by atoms with van der Waals surface area (Å²) in [5.41, 5.74) is 0. The first-order chi connectivity index (χ1) is 3.06. The van der Waals surface area contributed by atoms with E-state index in [1.54, 1.807) is 6.92 Å². The van der Waals surface area contributed by atoms with E-state index in [2.05, 4.69) is 0 Å². The number of nitrogens with one attached hydrogen (secondary N) is 1. The highest BCUT2D eigenvalue weighted by Gasteiger charge is 2.16. The van der Waals surface area contributed by atoms with E-state index in [9.17, 15) is 8.78 Å². The molecule has 0 heterocycles. The van der Waals surface area contributed by atoms with Crippen molar-refractivity contribution in [2.45, 2.75) is 19.9 Å². The molecule has 0 bridgehead atoms. The summed E-state index contributed by atoms with van der Waals surface area (Å²) < 4.78 is 23.2. The minimum absolute atomic E-state index is 0.309. The van der Waals surface area contributed by atoms with Crippen LogP contribution in [-0.4, -0.2) is 12.6 Å². The summed E-state index contributed by atoms with van der Waals surface area (Å²) >= 11 is 0. The number of hydrogen-bond acceptors (Lipinski definition) is 1. The summed E-state index contributed by atoms with van der Waals surface area (Å²) in [6.45, 7) is 2.78. The lowest BCUT2D eigenvalue weighted by molar-refractivity contribution is -0.0128. The maximum Gasteiger partial charge on any atom is 0.299 e. The van der Waals surface area contributed by atoms with Crippen LogP contribution in [0.15, 0.2) is 0 Å². The highest BCUT2D eigenvalue weighted by molar-refractivity contribution is 4.49. The molecule has 7 heavy (non-hydrogen) atoms. The molecule has 0 spiro atoms. The molecule has 0 aliphatic heterocycles. The Morgan fingerprint density at radius 3 is 2.00 bits per heavy atom. The highest BCUT2D eigenvalue weighted by atomic mass is 19.3. The van der Waals surface area contributed by atoms with Crippen molar-refractivity contribution in [3.63, 3.8) is 0 Å². The molecule has 0 aromatic carbocycles. The fourth-order valence-corrected chi connectivity index (χ4v) is 0.310. The van der Waals surface area contributed by atoms with Gasteiger partial charge < -0.3 is 0 Å². The van der Waals surface area contributed by atoms with Crippen LogP contribution in [0.25, 0.3) is 0 Å². The van der Waals surface area contributed by atoms with Crippen molar-refractivity contribution >= 4 is 0 Å². The molecule has 0 atom stereocenters. The Hall–Kier alpha value is -0.180. The number of hydrogen-bond donors (Lipinski definition) is 1. The van der Waals surface area contributed by atoms with E-state index < -0.39 is 6.05 Å². The average molecular weight is 109 g/mol. The Kier molecular flexibility index (Phi) is 2.15. The van der Waals surface area contributed by atoms with Crippen LogP contribution in [0.4, 0.5) is 8.78 Å². The Balaban J connectivity index is 3.15. The molecule has 1 nitrogen and oxygen atoms in total. The zero-order chi connectivity index (χ0) is 5.91. The largest absolute Gasteiger partial charge is 0.299 e. The maximum atomic E-state index is 11.6. The van der Waals surface area contributed by atoms with Crippen molar-refractivity contribution in [1.82, 2.24) is 5.32 Å². The summed E-state index contributed by atoms with van der Waals surface area (Å²) in [4.78, 5) is 0. The second kappa shape index (κ2) is 2.21. The Morgan fingerprint density at radius 1 is 1.57 bits per heavy atom. The van der Waals surface area contributed by atoms with Gasteiger partial charge in [-0.3, -0.25) is 5.32 Å². The molecule has 0 saturated heterocycles. The van der Waals surface area contributed by atoms with E-state index in [-0.39, 0.29) is 0 Å². The van der Waals surface area contributed by atoms with Gasteiger partial charge in [-0.1, -0.05) is 6.92 Å². The van der Waals surface area contributed by atoms with Gasteiger partial charge in [-0.05, 0) is 6.54 Å². The number of halogens is 2.